The van der Waals surface area contributed by atoms with Gasteiger partial charge in [-0.05, 0) is 61.9 Å². The van der Waals surface area contributed by atoms with Crippen molar-refractivity contribution in [3.63, 3.8) is 0 Å². The highest BCUT2D eigenvalue weighted by Gasteiger charge is 2.42. The summed E-state index contributed by atoms with van der Waals surface area (Å²) in [6, 6.07) is 13.0. The van der Waals surface area contributed by atoms with Gasteiger partial charge in [0.1, 0.15) is 5.75 Å². The van der Waals surface area contributed by atoms with Gasteiger partial charge in [0, 0.05) is 42.3 Å². The van der Waals surface area contributed by atoms with Crippen molar-refractivity contribution in [1.82, 2.24) is 9.80 Å². The molecule has 0 unspecified atom stereocenters. The first-order chi connectivity index (χ1) is 16.4. The topological polar surface area (TPSA) is 61.9 Å². The van der Waals surface area contributed by atoms with Crippen LogP contribution in [0.5, 0.6) is 5.75 Å². The molecule has 2 fully saturated rings. The van der Waals surface area contributed by atoms with Gasteiger partial charge in [0.05, 0.1) is 17.3 Å². The lowest BCUT2D eigenvalue weighted by molar-refractivity contribution is -0.128. The number of piperidine rings is 1. The van der Waals surface area contributed by atoms with E-state index in [1.54, 1.807) is 18.2 Å². The van der Waals surface area contributed by atoms with Crippen molar-refractivity contribution < 1.29 is 14.3 Å². The minimum Gasteiger partial charge on any atom is -0.493 e. The molecule has 2 aliphatic heterocycles. The van der Waals surface area contributed by atoms with E-state index in [4.69, 9.17) is 16.3 Å². The molecule has 0 bridgehead atoms. The molecule has 0 aromatic heterocycles. The summed E-state index contributed by atoms with van der Waals surface area (Å²) in [6.07, 6.45) is 6.20. The zero-order valence-corrected chi connectivity index (χ0v) is 21.6. The normalized spacial score (nSPS) is 17.4. The fraction of sp³-hybridized carbons (Fsp3) is 0.385. The third-order valence-corrected chi connectivity index (χ3v) is 7.46. The van der Waals surface area contributed by atoms with Gasteiger partial charge in [-0.1, -0.05) is 45.7 Å². The Hall–Kier alpha value is -2.51. The minimum absolute atomic E-state index is 0.0126. The van der Waals surface area contributed by atoms with Gasteiger partial charge >= 0.3 is 6.03 Å². The van der Waals surface area contributed by atoms with E-state index in [1.807, 2.05) is 53.1 Å². The number of rotatable bonds is 5. The Balaban J connectivity index is 1.30. The van der Waals surface area contributed by atoms with E-state index in [2.05, 4.69) is 21.2 Å². The number of hydrogen-bond acceptors (Lipinski definition) is 3. The molecule has 1 spiro atoms. The number of para-hydroxylation sites is 1. The molecule has 2 saturated heterocycles. The van der Waals surface area contributed by atoms with E-state index in [0.29, 0.717) is 43.5 Å². The number of carbonyl (C=O) groups is 2. The lowest BCUT2D eigenvalue weighted by atomic mass is 9.78. The molecule has 0 atom stereocenters. The highest BCUT2D eigenvalue weighted by molar-refractivity contribution is 9.10. The van der Waals surface area contributed by atoms with E-state index < -0.39 is 0 Å². The summed E-state index contributed by atoms with van der Waals surface area (Å²) in [5.74, 6) is 0.791. The van der Waals surface area contributed by atoms with Crippen molar-refractivity contribution in [2.24, 2.45) is 5.41 Å². The molecule has 8 heteroatoms. The molecule has 2 aliphatic rings. The number of anilines is 1. The highest BCUT2D eigenvalue weighted by Crippen LogP contribution is 2.40. The fourth-order valence-corrected chi connectivity index (χ4v) is 5.40. The number of likely N-dealkylation sites (tertiary alicyclic amines) is 2. The molecule has 2 aromatic rings. The van der Waals surface area contributed by atoms with Crippen LogP contribution in [-0.4, -0.2) is 54.5 Å². The number of nitrogens with zero attached hydrogens (tertiary/aromatic N) is 2. The third-order valence-electron chi connectivity index (χ3n) is 6.66. The molecule has 0 radical (unpaired) electrons. The maximum absolute atomic E-state index is 12.8. The molecule has 2 heterocycles. The Bertz CT molecular complexity index is 1080. The van der Waals surface area contributed by atoms with Crippen LogP contribution in [0.1, 0.15) is 31.7 Å². The predicted molar refractivity (Wildman–Crippen MR) is 139 cm³/mol. The van der Waals surface area contributed by atoms with Crippen molar-refractivity contribution in [2.75, 3.05) is 38.1 Å². The molecule has 180 valence electrons. The Morgan fingerprint density at radius 2 is 1.82 bits per heavy atom. The van der Waals surface area contributed by atoms with Crippen LogP contribution < -0.4 is 10.1 Å². The lowest BCUT2D eigenvalue weighted by Crippen LogP contribution is -2.44. The van der Waals surface area contributed by atoms with Gasteiger partial charge in [0.2, 0.25) is 5.91 Å². The molecule has 0 saturated carbocycles. The van der Waals surface area contributed by atoms with Gasteiger partial charge in [-0.2, -0.15) is 0 Å². The smallest absolute Gasteiger partial charge is 0.321 e. The van der Waals surface area contributed by atoms with Crippen LogP contribution in [0.4, 0.5) is 10.5 Å². The van der Waals surface area contributed by atoms with Crippen LogP contribution in [-0.2, 0) is 4.79 Å². The summed E-state index contributed by atoms with van der Waals surface area (Å²) in [7, 11) is 0. The molecular weight excluding hydrogens is 518 g/mol. The van der Waals surface area contributed by atoms with E-state index in [1.165, 1.54) is 0 Å². The van der Waals surface area contributed by atoms with Gasteiger partial charge in [0.15, 0.2) is 0 Å². The van der Waals surface area contributed by atoms with Crippen LogP contribution in [0.3, 0.4) is 0 Å². The second-order valence-corrected chi connectivity index (χ2v) is 10.2. The zero-order chi connectivity index (χ0) is 24.1. The number of amides is 3. The molecule has 4 rings (SSSR count). The Morgan fingerprint density at radius 1 is 1.12 bits per heavy atom. The summed E-state index contributed by atoms with van der Waals surface area (Å²) in [6.45, 7) is 5.33. The van der Waals surface area contributed by atoms with Crippen molar-refractivity contribution in [3.8, 4) is 5.75 Å². The van der Waals surface area contributed by atoms with Crippen LogP contribution in [0.25, 0.3) is 6.08 Å². The average Bonchev–Trinajstić information content (AvgIpc) is 3.24. The second kappa shape index (κ2) is 10.8. The first-order valence-electron chi connectivity index (χ1n) is 11.6. The maximum atomic E-state index is 12.8. The molecule has 6 nitrogen and oxygen atoms in total. The first kappa shape index (κ1) is 24.6. The van der Waals surface area contributed by atoms with Crippen LogP contribution in [0.15, 0.2) is 53.0 Å². The summed E-state index contributed by atoms with van der Waals surface area (Å²) in [5, 5.41) is 3.42. The van der Waals surface area contributed by atoms with Crippen molar-refractivity contribution in [2.45, 2.75) is 26.2 Å². The lowest BCUT2D eigenvalue weighted by Gasteiger charge is -2.38. The van der Waals surface area contributed by atoms with Crippen molar-refractivity contribution >= 4 is 51.2 Å². The fourth-order valence-electron chi connectivity index (χ4n) is 4.67. The number of carbonyl (C=O) groups excluding carboxylic acids is 2. The molecule has 1 N–H and O–H groups in total. The number of benzene rings is 2. The van der Waals surface area contributed by atoms with E-state index >= 15 is 0 Å². The average molecular weight is 547 g/mol. The molecular formula is C26H29BrClN3O3. The Morgan fingerprint density at radius 3 is 2.53 bits per heavy atom. The second-order valence-electron chi connectivity index (χ2n) is 8.86. The molecule has 3 amide bonds. The quantitative estimate of drug-likeness (QED) is 0.464. The summed E-state index contributed by atoms with van der Waals surface area (Å²) >= 11 is 9.62. The third kappa shape index (κ3) is 5.76. The minimum atomic E-state index is -0.129. The van der Waals surface area contributed by atoms with E-state index in [-0.39, 0.29) is 17.4 Å². The monoisotopic (exact) mass is 545 g/mol. The standard InChI is InChI=1S/C26H29BrClN3O3/c1-2-34-23-6-4-3-5-19(23)7-10-24(32)30-14-11-26(12-15-30)13-16-31(18-26)25(33)29-22-9-8-20(27)17-21(22)28/h3-10,17H,2,11-16,18H2,1H3,(H,29,33). The Labute approximate surface area is 214 Å². The summed E-state index contributed by atoms with van der Waals surface area (Å²) in [4.78, 5) is 29.3. The van der Waals surface area contributed by atoms with E-state index in [9.17, 15) is 9.59 Å². The van der Waals surface area contributed by atoms with Crippen LogP contribution >= 0.6 is 27.5 Å². The SMILES string of the molecule is CCOc1ccccc1C=CC(=O)N1CCC2(CC1)CCN(C(=O)Nc1ccc(Br)cc1Cl)C2. The van der Waals surface area contributed by atoms with Gasteiger partial charge in [0.25, 0.3) is 0 Å². The maximum Gasteiger partial charge on any atom is 0.321 e. The van der Waals surface area contributed by atoms with Gasteiger partial charge in [-0.3, -0.25) is 4.79 Å². The number of nitrogens with one attached hydrogen (secondary N) is 1. The first-order valence-corrected chi connectivity index (χ1v) is 12.8. The molecule has 2 aromatic carbocycles. The van der Waals surface area contributed by atoms with Crippen LogP contribution in [0.2, 0.25) is 5.02 Å². The van der Waals surface area contributed by atoms with E-state index in [0.717, 1.165) is 35.0 Å². The summed E-state index contributed by atoms with van der Waals surface area (Å²) in [5.41, 5.74) is 1.58. The van der Waals surface area contributed by atoms with Crippen molar-refractivity contribution in [3.05, 3.63) is 63.6 Å². The predicted octanol–water partition coefficient (Wildman–Crippen LogP) is 6.06. The number of hydrogen-bond donors (Lipinski definition) is 1. The number of halogens is 2. The molecule has 0 aliphatic carbocycles. The highest BCUT2D eigenvalue weighted by atomic mass is 79.9. The van der Waals surface area contributed by atoms with Gasteiger partial charge < -0.3 is 19.9 Å². The summed E-state index contributed by atoms with van der Waals surface area (Å²) < 4.78 is 6.50. The van der Waals surface area contributed by atoms with Crippen LogP contribution in [0, 0.1) is 5.41 Å². The Kier molecular flexibility index (Phi) is 7.84. The van der Waals surface area contributed by atoms with Gasteiger partial charge in [-0.15, -0.1) is 0 Å². The van der Waals surface area contributed by atoms with Gasteiger partial charge in [-0.25, -0.2) is 4.79 Å². The van der Waals surface area contributed by atoms with Crippen molar-refractivity contribution in [1.29, 1.82) is 0 Å². The molecule has 34 heavy (non-hydrogen) atoms. The zero-order valence-electron chi connectivity index (χ0n) is 19.2. The number of urea groups is 1. The number of ether oxygens (including phenoxy) is 1. The largest absolute Gasteiger partial charge is 0.493 e.